The van der Waals surface area contributed by atoms with Gasteiger partial charge in [-0.25, -0.2) is 0 Å². The van der Waals surface area contributed by atoms with Crippen LogP contribution < -0.4 is 5.32 Å². The van der Waals surface area contributed by atoms with Crippen molar-refractivity contribution < 1.29 is 0 Å². The molecule has 0 aliphatic rings. The zero-order chi connectivity index (χ0) is 8.10. The maximum Gasteiger partial charge on any atom is 0.108 e. The van der Waals surface area contributed by atoms with Crippen LogP contribution in [0.15, 0.2) is 30.3 Å². The Morgan fingerprint density at radius 3 is 2.55 bits per heavy atom. The Morgan fingerprint density at radius 1 is 1.36 bits per heavy atom. The Labute approximate surface area is 72.4 Å². The second-order valence-electron chi connectivity index (χ2n) is 2.33. The van der Waals surface area contributed by atoms with Gasteiger partial charge in [-0.05, 0) is 12.1 Å². The van der Waals surface area contributed by atoms with Crippen molar-refractivity contribution in [3.63, 3.8) is 0 Å². The van der Waals surface area contributed by atoms with E-state index in [1.165, 1.54) is 0 Å². The first kappa shape index (κ1) is 8.57. The molecular formula is C9H12ClN. The van der Waals surface area contributed by atoms with E-state index in [1.54, 1.807) is 0 Å². The average molecular weight is 170 g/mol. The molecule has 0 saturated carbocycles. The van der Waals surface area contributed by atoms with Crippen LogP contribution in [0.25, 0.3) is 0 Å². The van der Waals surface area contributed by atoms with Crippen LogP contribution in [0.5, 0.6) is 0 Å². The molecule has 11 heavy (non-hydrogen) atoms. The lowest BCUT2D eigenvalue weighted by Gasteiger charge is -2.09. The fourth-order valence-corrected chi connectivity index (χ4v) is 1.22. The van der Waals surface area contributed by atoms with E-state index < -0.39 is 0 Å². The van der Waals surface area contributed by atoms with Crippen LogP contribution in [0.1, 0.15) is 18.0 Å². The lowest BCUT2D eigenvalue weighted by molar-refractivity contribution is 0.701. The first-order chi connectivity index (χ1) is 5.34. The number of benzene rings is 1. The van der Waals surface area contributed by atoms with Crippen molar-refractivity contribution in [2.24, 2.45) is 0 Å². The summed E-state index contributed by atoms with van der Waals surface area (Å²) < 4.78 is 0. The molecule has 2 heteroatoms. The summed E-state index contributed by atoms with van der Waals surface area (Å²) in [4.78, 5) is 0. The molecule has 0 aromatic heterocycles. The molecule has 1 aromatic rings. The molecule has 0 heterocycles. The molecule has 1 N–H and O–H groups in total. The van der Waals surface area contributed by atoms with E-state index in [1.807, 2.05) is 37.3 Å². The van der Waals surface area contributed by atoms with Gasteiger partial charge in [0.1, 0.15) is 5.50 Å². The van der Waals surface area contributed by atoms with Crippen molar-refractivity contribution in [1.29, 1.82) is 0 Å². The predicted octanol–water partition coefficient (Wildman–Crippen LogP) is 2.53. The van der Waals surface area contributed by atoms with E-state index >= 15 is 0 Å². The number of hydrogen-bond acceptors (Lipinski definition) is 1. The molecule has 0 saturated heterocycles. The summed E-state index contributed by atoms with van der Waals surface area (Å²) in [6.45, 7) is 2.93. The third-order valence-electron chi connectivity index (χ3n) is 1.48. The van der Waals surface area contributed by atoms with Gasteiger partial charge >= 0.3 is 0 Å². The van der Waals surface area contributed by atoms with Crippen LogP contribution in [0.4, 0.5) is 0 Å². The van der Waals surface area contributed by atoms with Crippen LogP contribution in [0.3, 0.4) is 0 Å². The lowest BCUT2D eigenvalue weighted by atomic mass is 10.2. The van der Waals surface area contributed by atoms with Crippen LogP contribution >= 0.6 is 11.6 Å². The van der Waals surface area contributed by atoms with Crippen LogP contribution in [-0.4, -0.2) is 6.54 Å². The standard InChI is InChI=1S/C9H12ClN/c1-2-11-9(10)8-6-4-3-5-7-8/h3-7,9,11H,2H2,1H3. The van der Waals surface area contributed by atoms with Gasteiger partial charge < -0.3 is 0 Å². The van der Waals surface area contributed by atoms with Crippen LogP contribution in [0, 0.1) is 0 Å². The second kappa shape index (κ2) is 4.37. The van der Waals surface area contributed by atoms with Gasteiger partial charge in [-0.3, -0.25) is 5.32 Å². The number of rotatable bonds is 3. The Balaban J connectivity index is 2.61. The Bertz CT molecular complexity index is 198. The van der Waals surface area contributed by atoms with Gasteiger partial charge in [-0.1, -0.05) is 37.3 Å². The highest BCUT2D eigenvalue weighted by atomic mass is 35.5. The summed E-state index contributed by atoms with van der Waals surface area (Å²) in [7, 11) is 0. The minimum atomic E-state index is -0.0544. The van der Waals surface area contributed by atoms with E-state index in [0.717, 1.165) is 12.1 Å². The Morgan fingerprint density at radius 2 is 2.00 bits per heavy atom. The van der Waals surface area contributed by atoms with Gasteiger partial charge in [0.05, 0.1) is 0 Å². The largest absolute Gasteiger partial charge is 0.298 e. The fraction of sp³-hybridized carbons (Fsp3) is 0.333. The maximum absolute atomic E-state index is 6.00. The average Bonchev–Trinajstić information content (AvgIpc) is 2.07. The SMILES string of the molecule is CCNC(Cl)c1ccccc1. The van der Waals surface area contributed by atoms with E-state index in [0.29, 0.717) is 0 Å². The van der Waals surface area contributed by atoms with E-state index in [4.69, 9.17) is 11.6 Å². The topological polar surface area (TPSA) is 12.0 Å². The number of hydrogen-bond donors (Lipinski definition) is 1. The molecule has 1 nitrogen and oxygen atoms in total. The quantitative estimate of drug-likeness (QED) is 0.542. The first-order valence-electron chi connectivity index (χ1n) is 3.77. The summed E-state index contributed by atoms with van der Waals surface area (Å²) in [5.41, 5.74) is 1.07. The van der Waals surface area contributed by atoms with Crippen molar-refractivity contribution in [2.75, 3.05) is 6.54 Å². The van der Waals surface area contributed by atoms with Crippen LogP contribution in [-0.2, 0) is 0 Å². The molecule has 0 aliphatic heterocycles. The molecule has 0 spiro atoms. The smallest absolute Gasteiger partial charge is 0.108 e. The van der Waals surface area contributed by atoms with E-state index in [9.17, 15) is 0 Å². The number of halogens is 1. The third-order valence-corrected chi connectivity index (χ3v) is 1.88. The first-order valence-corrected chi connectivity index (χ1v) is 4.20. The lowest BCUT2D eigenvalue weighted by Crippen LogP contribution is -2.15. The molecule has 1 atom stereocenters. The highest BCUT2D eigenvalue weighted by molar-refractivity contribution is 6.20. The summed E-state index contributed by atoms with van der Waals surface area (Å²) in [5.74, 6) is 0. The molecule has 1 unspecified atom stereocenters. The summed E-state index contributed by atoms with van der Waals surface area (Å²) in [6, 6.07) is 9.99. The van der Waals surface area contributed by atoms with E-state index in [-0.39, 0.29) is 5.50 Å². The molecule has 1 aromatic carbocycles. The second-order valence-corrected chi connectivity index (χ2v) is 2.77. The normalized spacial score (nSPS) is 12.9. The van der Waals surface area contributed by atoms with Crippen molar-refractivity contribution >= 4 is 11.6 Å². The zero-order valence-corrected chi connectivity index (χ0v) is 7.31. The van der Waals surface area contributed by atoms with Crippen molar-refractivity contribution in [3.05, 3.63) is 35.9 Å². The number of nitrogens with one attached hydrogen (secondary N) is 1. The van der Waals surface area contributed by atoms with Gasteiger partial charge in [-0.15, -0.1) is 11.6 Å². The Kier molecular flexibility index (Phi) is 3.40. The molecular weight excluding hydrogens is 158 g/mol. The van der Waals surface area contributed by atoms with Crippen molar-refractivity contribution in [2.45, 2.75) is 12.4 Å². The molecule has 0 amide bonds. The van der Waals surface area contributed by atoms with Gasteiger partial charge in [0, 0.05) is 0 Å². The molecule has 60 valence electrons. The molecule has 0 radical (unpaired) electrons. The molecule has 0 fully saturated rings. The van der Waals surface area contributed by atoms with Gasteiger partial charge in [0.15, 0.2) is 0 Å². The van der Waals surface area contributed by atoms with Crippen molar-refractivity contribution in [3.8, 4) is 0 Å². The highest BCUT2D eigenvalue weighted by Gasteiger charge is 2.02. The zero-order valence-electron chi connectivity index (χ0n) is 6.55. The summed E-state index contributed by atoms with van der Waals surface area (Å²) in [5, 5.41) is 3.13. The van der Waals surface area contributed by atoms with Gasteiger partial charge in [-0.2, -0.15) is 0 Å². The molecule has 0 bridgehead atoms. The maximum atomic E-state index is 6.00. The van der Waals surface area contributed by atoms with Crippen molar-refractivity contribution in [1.82, 2.24) is 5.32 Å². The van der Waals surface area contributed by atoms with E-state index in [2.05, 4.69) is 5.32 Å². The predicted molar refractivity (Wildman–Crippen MR) is 48.7 cm³/mol. The minimum Gasteiger partial charge on any atom is -0.298 e. The number of alkyl halides is 1. The molecule has 1 rings (SSSR count). The van der Waals surface area contributed by atoms with Gasteiger partial charge in [0.25, 0.3) is 0 Å². The summed E-state index contributed by atoms with van der Waals surface area (Å²) in [6.07, 6.45) is 0. The highest BCUT2D eigenvalue weighted by Crippen LogP contribution is 2.15. The minimum absolute atomic E-state index is 0.0544. The summed E-state index contributed by atoms with van der Waals surface area (Å²) >= 11 is 6.00. The third kappa shape index (κ3) is 2.52. The Hall–Kier alpha value is -0.530. The monoisotopic (exact) mass is 169 g/mol. The van der Waals surface area contributed by atoms with Crippen LogP contribution in [0.2, 0.25) is 0 Å². The fourth-order valence-electron chi connectivity index (χ4n) is 0.919. The molecule has 0 aliphatic carbocycles. The van der Waals surface area contributed by atoms with Gasteiger partial charge in [0.2, 0.25) is 0 Å².